The van der Waals surface area contributed by atoms with E-state index in [2.05, 4.69) is 134 Å². The predicted molar refractivity (Wildman–Crippen MR) is 255 cm³/mol. The van der Waals surface area contributed by atoms with Gasteiger partial charge in [0.05, 0.1) is 39.9 Å². The van der Waals surface area contributed by atoms with E-state index in [0.29, 0.717) is 23.9 Å². The highest BCUT2D eigenvalue weighted by Crippen LogP contribution is 2.38. The number of carbonyl (C=O) groups excluding carboxylic acids is 1. The standard InChI is InChI=1S/C51H83N2O6P/c1-6-8-10-11-12-13-14-15-16-17-18-19-20-21-22-23-24-25-26-27-28-29-30-31-32-33-34-35-36-37-38-39-40-41-43-45-51(55)52-49(50(54)44-42-9-7-2)48-59-60(56,57)58-47-46-53(3,4)5/h8,10,12-13,15-16,18-19,21-22,24-25,27-28,30-31,33-34,36-37,42,44,49-50,54H,6-7,9,11,14,17,20,23,26,29,32,35,38-41,43,45-48H2,1-5H3,(H-,52,55,56,57)/b10-8-,13-12-,16-15-,19-18-,22-21-,25-24-,28-27-,31-30-,34-33-,37-36-,44-42+. The summed E-state index contributed by atoms with van der Waals surface area (Å²) in [5.41, 5.74) is 0. The maximum atomic E-state index is 12.7. The minimum absolute atomic E-state index is 0.0162. The lowest BCUT2D eigenvalue weighted by Crippen LogP contribution is -2.45. The Kier molecular flexibility index (Phi) is 38.7. The summed E-state index contributed by atoms with van der Waals surface area (Å²) in [4.78, 5) is 24.9. The van der Waals surface area contributed by atoms with Gasteiger partial charge in [-0.25, -0.2) is 0 Å². The van der Waals surface area contributed by atoms with Crippen LogP contribution in [-0.2, 0) is 18.4 Å². The molecule has 0 aromatic carbocycles. The predicted octanol–water partition coefficient (Wildman–Crippen LogP) is 12.2. The van der Waals surface area contributed by atoms with Crippen LogP contribution in [0.2, 0.25) is 0 Å². The largest absolute Gasteiger partial charge is 0.756 e. The summed E-state index contributed by atoms with van der Waals surface area (Å²) in [5.74, 6) is -0.243. The van der Waals surface area contributed by atoms with Crippen LogP contribution in [0.25, 0.3) is 0 Å². The lowest BCUT2D eigenvalue weighted by atomic mass is 10.1. The fourth-order valence-corrected chi connectivity index (χ4v) is 6.02. The molecule has 0 aromatic heterocycles. The molecule has 0 aliphatic rings. The molecule has 0 bridgehead atoms. The van der Waals surface area contributed by atoms with E-state index in [1.165, 1.54) is 0 Å². The molecule has 8 nitrogen and oxygen atoms in total. The Hall–Kier alpha value is -3.36. The van der Waals surface area contributed by atoms with Gasteiger partial charge in [0.2, 0.25) is 5.91 Å². The summed E-state index contributed by atoms with van der Waals surface area (Å²) < 4.78 is 22.8. The molecule has 0 saturated heterocycles. The summed E-state index contributed by atoms with van der Waals surface area (Å²) in [6.45, 7) is 4.24. The average molecular weight is 851 g/mol. The number of aliphatic hydroxyl groups is 1. The van der Waals surface area contributed by atoms with E-state index in [4.69, 9.17) is 9.05 Å². The van der Waals surface area contributed by atoms with E-state index >= 15 is 0 Å². The molecule has 3 unspecified atom stereocenters. The number of unbranched alkanes of at least 4 members (excludes halogenated alkanes) is 5. The van der Waals surface area contributed by atoms with Gasteiger partial charge in [-0.2, -0.15) is 0 Å². The fraction of sp³-hybridized carbons (Fsp3) is 0.549. The van der Waals surface area contributed by atoms with Gasteiger partial charge >= 0.3 is 0 Å². The third-order valence-electron chi connectivity index (χ3n) is 8.85. The Morgan fingerprint density at radius 2 is 1.02 bits per heavy atom. The highest BCUT2D eigenvalue weighted by atomic mass is 31.2. The Labute approximate surface area is 366 Å². The van der Waals surface area contributed by atoms with Gasteiger partial charge in [-0.3, -0.25) is 9.36 Å². The number of hydrogen-bond donors (Lipinski definition) is 2. The van der Waals surface area contributed by atoms with E-state index in [-0.39, 0.29) is 12.5 Å². The van der Waals surface area contributed by atoms with Crippen molar-refractivity contribution < 1.29 is 32.9 Å². The van der Waals surface area contributed by atoms with Crippen LogP contribution in [0.3, 0.4) is 0 Å². The molecule has 0 saturated carbocycles. The van der Waals surface area contributed by atoms with E-state index in [9.17, 15) is 19.4 Å². The van der Waals surface area contributed by atoms with Crippen molar-refractivity contribution >= 4 is 13.7 Å². The number of carbonyl (C=O) groups is 1. The van der Waals surface area contributed by atoms with Gasteiger partial charge < -0.3 is 28.8 Å². The number of nitrogens with one attached hydrogen (secondary N) is 1. The van der Waals surface area contributed by atoms with Gasteiger partial charge in [-0.05, 0) is 89.9 Å². The first-order chi connectivity index (χ1) is 29.0. The highest BCUT2D eigenvalue weighted by molar-refractivity contribution is 7.45. The molecule has 0 radical (unpaired) electrons. The fourth-order valence-electron chi connectivity index (χ4n) is 5.30. The summed E-state index contributed by atoms with van der Waals surface area (Å²) in [7, 11) is 1.21. The van der Waals surface area contributed by atoms with Crippen molar-refractivity contribution in [3.8, 4) is 0 Å². The smallest absolute Gasteiger partial charge is 0.268 e. The van der Waals surface area contributed by atoms with Gasteiger partial charge in [0, 0.05) is 6.42 Å². The van der Waals surface area contributed by atoms with Crippen molar-refractivity contribution in [1.82, 2.24) is 5.32 Å². The van der Waals surface area contributed by atoms with Crippen molar-refractivity contribution in [2.45, 2.75) is 142 Å². The van der Waals surface area contributed by atoms with Crippen molar-refractivity contribution in [2.24, 2.45) is 0 Å². The van der Waals surface area contributed by atoms with Crippen LogP contribution >= 0.6 is 7.82 Å². The van der Waals surface area contributed by atoms with Gasteiger partial charge in [-0.15, -0.1) is 0 Å². The van der Waals surface area contributed by atoms with E-state index < -0.39 is 26.6 Å². The molecule has 0 spiro atoms. The zero-order valence-electron chi connectivity index (χ0n) is 38.1. The van der Waals surface area contributed by atoms with Crippen LogP contribution in [0.5, 0.6) is 0 Å². The molecule has 2 N–H and O–H groups in total. The number of likely N-dealkylation sites (N-methyl/N-ethyl adjacent to an activating group) is 1. The van der Waals surface area contributed by atoms with Gasteiger partial charge in [-0.1, -0.05) is 167 Å². The number of nitrogens with zero attached hydrogens (tertiary/aromatic N) is 1. The average Bonchev–Trinajstić information content (AvgIpc) is 3.20. The minimum atomic E-state index is -4.58. The molecule has 0 fully saturated rings. The molecule has 0 aromatic rings. The molecular weight excluding hydrogens is 768 g/mol. The second-order valence-corrected chi connectivity index (χ2v) is 17.1. The summed E-state index contributed by atoms with van der Waals surface area (Å²) >= 11 is 0. The van der Waals surface area contributed by atoms with Crippen LogP contribution in [0.15, 0.2) is 134 Å². The quantitative estimate of drug-likeness (QED) is 0.0277. The number of hydrogen-bond acceptors (Lipinski definition) is 6. The Morgan fingerprint density at radius 1 is 0.600 bits per heavy atom. The highest BCUT2D eigenvalue weighted by Gasteiger charge is 2.23. The van der Waals surface area contributed by atoms with Crippen molar-refractivity contribution in [3.63, 3.8) is 0 Å². The summed E-state index contributed by atoms with van der Waals surface area (Å²) in [6.07, 6.45) is 63.2. The minimum Gasteiger partial charge on any atom is -0.756 e. The molecular formula is C51H83N2O6P. The van der Waals surface area contributed by atoms with Gasteiger partial charge in [0.25, 0.3) is 7.82 Å². The van der Waals surface area contributed by atoms with Crippen molar-refractivity contribution in [1.29, 1.82) is 0 Å². The molecule has 9 heteroatoms. The maximum absolute atomic E-state index is 12.7. The number of phosphoric ester groups is 1. The van der Waals surface area contributed by atoms with Crippen LogP contribution in [0.1, 0.15) is 129 Å². The third-order valence-corrected chi connectivity index (χ3v) is 9.81. The molecule has 3 atom stereocenters. The van der Waals surface area contributed by atoms with Crippen LogP contribution in [0.4, 0.5) is 0 Å². The first-order valence-electron chi connectivity index (χ1n) is 22.5. The normalized spacial score (nSPS) is 15.5. The van der Waals surface area contributed by atoms with Crippen LogP contribution in [0, 0.1) is 0 Å². The summed E-state index contributed by atoms with van der Waals surface area (Å²) in [5, 5.41) is 13.4. The number of aliphatic hydroxyl groups excluding tert-OH is 1. The third kappa shape index (κ3) is 42.8. The molecule has 0 heterocycles. The van der Waals surface area contributed by atoms with Crippen LogP contribution in [-0.4, -0.2) is 68.5 Å². The van der Waals surface area contributed by atoms with E-state index in [1.54, 1.807) is 6.08 Å². The van der Waals surface area contributed by atoms with Crippen molar-refractivity contribution in [3.05, 3.63) is 134 Å². The molecule has 0 aliphatic carbocycles. The van der Waals surface area contributed by atoms with Crippen molar-refractivity contribution in [2.75, 3.05) is 40.9 Å². The van der Waals surface area contributed by atoms with E-state index in [0.717, 1.165) is 103 Å². The second-order valence-electron chi connectivity index (χ2n) is 15.7. The zero-order chi connectivity index (χ0) is 44.3. The summed E-state index contributed by atoms with van der Waals surface area (Å²) in [6, 6.07) is -0.905. The first kappa shape index (κ1) is 56.6. The van der Waals surface area contributed by atoms with Gasteiger partial charge in [0.15, 0.2) is 0 Å². The number of rotatable bonds is 38. The molecule has 1 amide bonds. The monoisotopic (exact) mass is 851 g/mol. The number of phosphoric acid groups is 1. The number of amides is 1. The van der Waals surface area contributed by atoms with Gasteiger partial charge in [0.1, 0.15) is 13.2 Å². The SMILES string of the molecule is CC/C=C\C/C=C\C/C=C\C/C=C\C/C=C\C/C=C\C/C=C\C/C=C\C/C=C\C/C=C\CCCCCCC(=O)NC(COP(=O)([O-])OCC[N+](C)(C)C)C(O)/C=C/CCC. The molecule has 338 valence electrons. The van der Waals surface area contributed by atoms with E-state index in [1.807, 2.05) is 34.1 Å². The zero-order valence-corrected chi connectivity index (χ0v) is 39.0. The molecule has 0 rings (SSSR count). The number of quaternary nitrogens is 1. The first-order valence-corrected chi connectivity index (χ1v) is 24.0. The number of allylic oxidation sites excluding steroid dienone is 21. The lowest BCUT2D eigenvalue weighted by molar-refractivity contribution is -0.870. The second kappa shape index (κ2) is 41.0. The lowest BCUT2D eigenvalue weighted by Gasteiger charge is -2.29. The topological polar surface area (TPSA) is 108 Å². The van der Waals surface area contributed by atoms with Crippen LogP contribution < -0.4 is 10.2 Å². The molecule has 0 aliphatic heterocycles. The molecule has 60 heavy (non-hydrogen) atoms. The Morgan fingerprint density at radius 3 is 1.43 bits per heavy atom. The Balaban J connectivity index is 4.03. The Bertz CT molecular complexity index is 1430. The maximum Gasteiger partial charge on any atom is 0.268 e.